The molecule has 3 rings (SSSR count). The SMILES string of the molecule is C=CC(=C)N=C/C(C(=NCCCC1(F)CCCNCCC1)N1CCCC2(CNC2)C1)=C(\C)N=C. The molecule has 0 radical (unpaired) electrons. The second-order valence-electron chi connectivity index (χ2n) is 10.2. The number of allylic oxidation sites excluding steroid dienone is 2. The number of piperidine rings is 1. The van der Waals surface area contributed by atoms with Crippen LogP contribution in [0.15, 0.2) is 51.2 Å². The Hall–Kier alpha value is -2.12. The molecule has 3 saturated heterocycles. The monoisotopic (exact) mass is 470 g/mol. The number of halogens is 1. The molecule has 0 unspecified atom stereocenters. The molecule has 0 bridgehead atoms. The van der Waals surface area contributed by atoms with Crippen LogP contribution in [0, 0.1) is 5.41 Å². The van der Waals surface area contributed by atoms with Crippen molar-refractivity contribution in [2.24, 2.45) is 20.4 Å². The van der Waals surface area contributed by atoms with Crippen molar-refractivity contribution >= 4 is 18.8 Å². The molecule has 1 spiro atoms. The zero-order valence-corrected chi connectivity index (χ0v) is 21.0. The van der Waals surface area contributed by atoms with Gasteiger partial charge in [0.2, 0.25) is 0 Å². The van der Waals surface area contributed by atoms with Gasteiger partial charge in [0.05, 0.1) is 11.3 Å². The summed E-state index contributed by atoms with van der Waals surface area (Å²) in [7, 11) is 0. The van der Waals surface area contributed by atoms with Crippen molar-refractivity contribution in [3.05, 3.63) is 36.2 Å². The summed E-state index contributed by atoms with van der Waals surface area (Å²) in [6, 6.07) is 0. The Morgan fingerprint density at radius 1 is 1.12 bits per heavy atom. The van der Waals surface area contributed by atoms with E-state index in [-0.39, 0.29) is 0 Å². The zero-order chi connectivity index (χ0) is 24.4. The second-order valence-corrected chi connectivity index (χ2v) is 10.2. The van der Waals surface area contributed by atoms with Crippen LogP contribution >= 0.6 is 0 Å². The van der Waals surface area contributed by atoms with E-state index in [1.54, 1.807) is 12.3 Å². The smallest absolute Gasteiger partial charge is 0.134 e. The van der Waals surface area contributed by atoms with E-state index >= 15 is 4.39 Å². The molecule has 188 valence electrons. The van der Waals surface area contributed by atoms with Gasteiger partial charge in [-0.25, -0.2) is 4.39 Å². The quantitative estimate of drug-likeness (QED) is 0.226. The van der Waals surface area contributed by atoms with E-state index < -0.39 is 5.67 Å². The van der Waals surface area contributed by atoms with Crippen LogP contribution in [0.5, 0.6) is 0 Å². The molecule has 2 N–H and O–H groups in total. The van der Waals surface area contributed by atoms with Crippen molar-refractivity contribution in [1.82, 2.24) is 15.5 Å². The average Bonchev–Trinajstić information content (AvgIpc) is 2.81. The molecule has 0 atom stereocenters. The van der Waals surface area contributed by atoms with Crippen LogP contribution in [0.4, 0.5) is 4.39 Å². The number of aliphatic imine (C=N–C) groups is 3. The Labute approximate surface area is 205 Å². The number of hydrogen-bond acceptors (Lipinski definition) is 5. The third-order valence-electron chi connectivity index (χ3n) is 7.43. The fraction of sp³-hybridized carbons (Fsp3) is 0.667. The van der Waals surface area contributed by atoms with E-state index in [0.717, 1.165) is 82.1 Å². The highest BCUT2D eigenvalue weighted by Crippen LogP contribution is 2.35. The van der Waals surface area contributed by atoms with Crippen LogP contribution in [0.1, 0.15) is 58.3 Å². The number of hydrogen-bond donors (Lipinski definition) is 2. The zero-order valence-electron chi connectivity index (χ0n) is 21.0. The molecule has 0 saturated carbocycles. The maximum absolute atomic E-state index is 15.5. The van der Waals surface area contributed by atoms with Gasteiger partial charge in [-0.2, -0.15) is 0 Å². The summed E-state index contributed by atoms with van der Waals surface area (Å²) in [4.78, 5) is 16.1. The lowest BCUT2D eigenvalue weighted by molar-refractivity contribution is 0.0761. The highest BCUT2D eigenvalue weighted by molar-refractivity contribution is 6.16. The van der Waals surface area contributed by atoms with Crippen LogP contribution in [-0.4, -0.2) is 75.1 Å². The van der Waals surface area contributed by atoms with Gasteiger partial charge in [-0.3, -0.25) is 15.0 Å². The minimum atomic E-state index is -1.06. The van der Waals surface area contributed by atoms with Gasteiger partial charge < -0.3 is 15.5 Å². The first-order chi connectivity index (χ1) is 16.4. The number of amidine groups is 1. The molecular weight excluding hydrogens is 427 g/mol. The Balaban J connectivity index is 1.79. The van der Waals surface area contributed by atoms with Gasteiger partial charge in [0, 0.05) is 50.1 Å². The lowest BCUT2D eigenvalue weighted by Crippen LogP contribution is -2.62. The van der Waals surface area contributed by atoms with E-state index in [0.29, 0.717) is 36.9 Å². The van der Waals surface area contributed by atoms with Gasteiger partial charge in [0.15, 0.2) is 0 Å². The lowest BCUT2D eigenvalue weighted by atomic mass is 9.75. The first-order valence-corrected chi connectivity index (χ1v) is 12.8. The van der Waals surface area contributed by atoms with Crippen LogP contribution in [-0.2, 0) is 0 Å². The molecule has 6 nitrogen and oxygen atoms in total. The normalized spacial score (nSPS) is 23.6. The van der Waals surface area contributed by atoms with Crippen molar-refractivity contribution < 1.29 is 4.39 Å². The Morgan fingerprint density at radius 2 is 1.85 bits per heavy atom. The molecule has 3 aliphatic rings. The lowest BCUT2D eigenvalue weighted by Gasteiger charge is -2.50. The number of nitrogens with zero attached hydrogens (tertiary/aromatic N) is 4. The van der Waals surface area contributed by atoms with Crippen LogP contribution in [0.2, 0.25) is 0 Å². The van der Waals surface area contributed by atoms with Gasteiger partial charge in [0.1, 0.15) is 11.5 Å². The second kappa shape index (κ2) is 12.5. The Kier molecular flexibility index (Phi) is 9.77. The van der Waals surface area contributed by atoms with Gasteiger partial charge in [-0.1, -0.05) is 13.2 Å². The van der Waals surface area contributed by atoms with Crippen molar-refractivity contribution in [2.45, 2.75) is 64.0 Å². The molecule has 3 aliphatic heterocycles. The molecule has 0 aromatic carbocycles. The molecule has 0 aliphatic carbocycles. The molecule has 3 heterocycles. The summed E-state index contributed by atoms with van der Waals surface area (Å²) < 4.78 is 15.5. The van der Waals surface area contributed by atoms with Crippen LogP contribution in [0.3, 0.4) is 0 Å². The summed E-state index contributed by atoms with van der Waals surface area (Å²) in [5.41, 5.74) is 1.47. The minimum Gasteiger partial charge on any atom is -0.356 e. The Bertz CT molecular complexity index is 815. The van der Waals surface area contributed by atoms with E-state index in [2.05, 4.69) is 45.4 Å². The summed E-state index contributed by atoms with van der Waals surface area (Å²) >= 11 is 0. The van der Waals surface area contributed by atoms with Crippen LogP contribution in [0.25, 0.3) is 0 Å². The fourth-order valence-corrected chi connectivity index (χ4v) is 5.25. The predicted molar refractivity (Wildman–Crippen MR) is 143 cm³/mol. The number of rotatable bonds is 9. The molecule has 34 heavy (non-hydrogen) atoms. The molecule has 0 aromatic heterocycles. The maximum Gasteiger partial charge on any atom is 0.134 e. The number of alkyl halides is 1. The topological polar surface area (TPSA) is 64.4 Å². The minimum absolute atomic E-state index is 0.317. The van der Waals surface area contributed by atoms with E-state index in [9.17, 15) is 0 Å². The fourth-order valence-electron chi connectivity index (χ4n) is 5.25. The van der Waals surface area contributed by atoms with Crippen molar-refractivity contribution in [2.75, 3.05) is 45.8 Å². The van der Waals surface area contributed by atoms with E-state index in [4.69, 9.17) is 4.99 Å². The molecule has 0 aromatic rings. The standard InChI is InChI=1S/C27H43FN6/c1-5-22(2)33-18-24(23(3)29-4)25(34-17-9-10-26(21-34)19-31-20-26)32-16-8-13-27(28)11-6-14-30-15-7-12-27/h5,18,30-31H,1-2,4,6-17,19-21H2,3H3/b24-23-,32-25?,33-18?. The third-order valence-corrected chi connectivity index (χ3v) is 7.43. The average molecular weight is 471 g/mol. The highest BCUT2D eigenvalue weighted by Gasteiger charge is 2.41. The first kappa shape index (κ1) is 26.5. The largest absolute Gasteiger partial charge is 0.356 e. The molecule has 7 heteroatoms. The number of nitrogens with one attached hydrogen (secondary N) is 2. The van der Waals surface area contributed by atoms with Gasteiger partial charge in [0.25, 0.3) is 0 Å². The summed E-state index contributed by atoms with van der Waals surface area (Å²) in [6.45, 7) is 19.8. The van der Waals surface area contributed by atoms with Gasteiger partial charge in [-0.15, -0.1) is 0 Å². The summed E-state index contributed by atoms with van der Waals surface area (Å²) in [6.07, 6.45) is 10.2. The maximum atomic E-state index is 15.5. The Morgan fingerprint density at radius 3 is 2.47 bits per heavy atom. The molecule has 3 fully saturated rings. The third kappa shape index (κ3) is 7.19. The van der Waals surface area contributed by atoms with E-state index in [1.165, 1.54) is 6.42 Å². The van der Waals surface area contributed by atoms with Crippen molar-refractivity contribution in [1.29, 1.82) is 0 Å². The first-order valence-electron chi connectivity index (χ1n) is 12.8. The highest BCUT2D eigenvalue weighted by atomic mass is 19.1. The number of likely N-dealkylation sites (tertiary alicyclic amines) is 1. The van der Waals surface area contributed by atoms with Gasteiger partial charge >= 0.3 is 0 Å². The van der Waals surface area contributed by atoms with Crippen LogP contribution < -0.4 is 10.6 Å². The van der Waals surface area contributed by atoms with E-state index in [1.807, 2.05) is 6.92 Å². The van der Waals surface area contributed by atoms with Gasteiger partial charge in [-0.05, 0) is 84.2 Å². The van der Waals surface area contributed by atoms with Crippen molar-refractivity contribution in [3.63, 3.8) is 0 Å². The molecular formula is C27H43FN6. The summed E-state index contributed by atoms with van der Waals surface area (Å²) in [5, 5.41) is 6.81. The predicted octanol–water partition coefficient (Wildman–Crippen LogP) is 4.47. The van der Waals surface area contributed by atoms with Crippen molar-refractivity contribution in [3.8, 4) is 0 Å². The summed E-state index contributed by atoms with van der Waals surface area (Å²) in [5.74, 6) is 0.895. The molecule has 0 amide bonds.